The molecule has 0 aliphatic rings. The van der Waals surface area contributed by atoms with E-state index < -0.39 is 0 Å². The minimum Gasteiger partial charge on any atom is -0.0999 e. The van der Waals surface area contributed by atoms with Crippen molar-refractivity contribution < 1.29 is 0 Å². The van der Waals surface area contributed by atoms with Crippen LogP contribution in [0.1, 0.15) is 47.0 Å². The Hall–Kier alpha value is -0.260. The lowest BCUT2D eigenvalue weighted by Crippen LogP contribution is -2.07. The van der Waals surface area contributed by atoms with Gasteiger partial charge in [0.25, 0.3) is 0 Å². The van der Waals surface area contributed by atoms with Crippen molar-refractivity contribution in [2.45, 2.75) is 47.0 Å². The Morgan fingerprint density at radius 3 is 2.09 bits per heavy atom. The van der Waals surface area contributed by atoms with Gasteiger partial charge in [0.05, 0.1) is 0 Å². The van der Waals surface area contributed by atoms with Crippen LogP contribution < -0.4 is 0 Å². The largest absolute Gasteiger partial charge is 0.0999 e. The third-order valence-electron chi connectivity index (χ3n) is 2.52. The Balaban J connectivity index is 3.78. The molecule has 0 nitrogen and oxygen atoms in total. The number of rotatable bonds is 5. The Morgan fingerprint density at radius 2 is 1.82 bits per heavy atom. The van der Waals surface area contributed by atoms with Crippen molar-refractivity contribution in [1.29, 1.82) is 0 Å². The van der Waals surface area contributed by atoms with E-state index >= 15 is 0 Å². The molecule has 0 rings (SSSR count). The molecule has 0 aliphatic carbocycles. The highest BCUT2D eigenvalue weighted by Gasteiger charge is 2.10. The van der Waals surface area contributed by atoms with Crippen LogP contribution in [0.25, 0.3) is 0 Å². The molecular weight excluding hydrogens is 132 g/mol. The van der Waals surface area contributed by atoms with Gasteiger partial charge < -0.3 is 0 Å². The molecular formula is C11H22. The summed E-state index contributed by atoms with van der Waals surface area (Å²) < 4.78 is 0. The van der Waals surface area contributed by atoms with Gasteiger partial charge in [-0.1, -0.05) is 46.3 Å². The predicted octanol–water partition coefficient (Wildman–Crippen LogP) is 4.02. The van der Waals surface area contributed by atoms with Crippen LogP contribution in [-0.2, 0) is 0 Å². The number of hydrogen-bond donors (Lipinski definition) is 0. The Kier molecular flexibility index (Phi) is 5.27. The molecule has 0 fully saturated rings. The molecule has 0 aliphatic heterocycles. The molecule has 0 radical (unpaired) electrons. The minimum atomic E-state index is 0.809. The van der Waals surface area contributed by atoms with Gasteiger partial charge in [-0.05, 0) is 24.7 Å². The van der Waals surface area contributed by atoms with E-state index in [1.165, 1.54) is 18.4 Å². The van der Waals surface area contributed by atoms with E-state index in [0.717, 1.165) is 18.3 Å². The fraction of sp³-hybridized carbons (Fsp3) is 0.818. The van der Waals surface area contributed by atoms with E-state index in [1.54, 1.807) is 0 Å². The SMILES string of the molecule is C=C(CC)CC(CC)C(C)C. The van der Waals surface area contributed by atoms with Gasteiger partial charge in [0.15, 0.2) is 0 Å². The molecule has 0 heteroatoms. The van der Waals surface area contributed by atoms with E-state index in [9.17, 15) is 0 Å². The van der Waals surface area contributed by atoms with Crippen molar-refractivity contribution in [3.8, 4) is 0 Å². The Morgan fingerprint density at radius 1 is 1.27 bits per heavy atom. The highest BCUT2D eigenvalue weighted by molar-refractivity contribution is 4.94. The number of hydrogen-bond acceptors (Lipinski definition) is 0. The average Bonchev–Trinajstić information content (AvgIpc) is 1.99. The van der Waals surface area contributed by atoms with Gasteiger partial charge in [0.1, 0.15) is 0 Å². The molecule has 0 aromatic carbocycles. The summed E-state index contributed by atoms with van der Waals surface area (Å²) in [7, 11) is 0. The molecule has 0 saturated carbocycles. The van der Waals surface area contributed by atoms with Crippen LogP contribution in [0.5, 0.6) is 0 Å². The van der Waals surface area contributed by atoms with E-state index in [0.29, 0.717) is 0 Å². The first-order chi connectivity index (χ1) is 5.11. The second-order valence-electron chi connectivity index (χ2n) is 3.72. The molecule has 11 heavy (non-hydrogen) atoms. The molecule has 0 spiro atoms. The van der Waals surface area contributed by atoms with Crippen molar-refractivity contribution in [2.75, 3.05) is 0 Å². The quantitative estimate of drug-likeness (QED) is 0.524. The standard InChI is InChI=1S/C11H22/c1-6-10(5)8-11(7-2)9(3)4/h9,11H,5-8H2,1-4H3. The zero-order valence-electron chi connectivity index (χ0n) is 8.48. The third-order valence-corrected chi connectivity index (χ3v) is 2.52. The van der Waals surface area contributed by atoms with Crippen LogP contribution >= 0.6 is 0 Å². The minimum absolute atomic E-state index is 0.809. The summed E-state index contributed by atoms with van der Waals surface area (Å²) in [5.74, 6) is 1.66. The van der Waals surface area contributed by atoms with Gasteiger partial charge in [0.2, 0.25) is 0 Å². The summed E-state index contributed by atoms with van der Waals surface area (Å²) in [6, 6.07) is 0. The highest BCUT2D eigenvalue weighted by atomic mass is 14.2. The Labute approximate surface area is 71.7 Å². The van der Waals surface area contributed by atoms with Gasteiger partial charge in [-0.2, -0.15) is 0 Å². The summed E-state index contributed by atoms with van der Waals surface area (Å²) >= 11 is 0. The highest BCUT2D eigenvalue weighted by Crippen LogP contribution is 2.23. The van der Waals surface area contributed by atoms with Crippen LogP contribution in [-0.4, -0.2) is 0 Å². The topological polar surface area (TPSA) is 0 Å². The maximum atomic E-state index is 4.04. The van der Waals surface area contributed by atoms with Crippen LogP contribution in [0, 0.1) is 11.8 Å². The molecule has 0 heterocycles. The van der Waals surface area contributed by atoms with Crippen LogP contribution in [0.15, 0.2) is 12.2 Å². The molecule has 0 aromatic rings. The molecule has 0 aromatic heterocycles. The van der Waals surface area contributed by atoms with Crippen molar-refractivity contribution >= 4 is 0 Å². The maximum Gasteiger partial charge on any atom is -0.0292 e. The molecule has 1 atom stereocenters. The second-order valence-corrected chi connectivity index (χ2v) is 3.72. The summed E-state index contributed by atoms with van der Waals surface area (Å²) in [6.07, 6.45) is 3.66. The second kappa shape index (κ2) is 5.40. The fourth-order valence-corrected chi connectivity index (χ4v) is 1.37. The molecule has 1 unspecified atom stereocenters. The lowest BCUT2D eigenvalue weighted by Gasteiger charge is -2.19. The smallest absolute Gasteiger partial charge is 0.0292 e. The lowest BCUT2D eigenvalue weighted by atomic mass is 9.87. The summed E-state index contributed by atoms with van der Waals surface area (Å²) in [5, 5.41) is 0. The molecule has 66 valence electrons. The molecule has 0 N–H and O–H groups in total. The zero-order chi connectivity index (χ0) is 8.85. The maximum absolute atomic E-state index is 4.04. The van der Waals surface area contributed by atoms with E-state index in [-0.39, 0.29) is 0 Å². The first-order valence-corrected chi connectivity index (χ1v) is 4.78. The fourth-order valence-electron chi connectivity index (χ4n) is 1.37. The third kappa shape index (κ3) is 4.23. The van der Waals surface area contributed by atoms with E-state index in [4.69, 9.17) is 0 Å². The average molecular weight is 154 g/mol. The summed E-state index contributed by atoms with van der Waals surface area (Å²) in [6.45, 7) is 13.1. The van der Waals surface area contributed by atoms with E-state index in [1.807, 2.05) is 0 Å². The van der Waals surface area contributed by atoms with Gasteiger partial charge >= 0.3 is 0 Å². The first kappa shape index (κ1) is 10.7. The summed E-state index contributed by atoms with van der Waals surface area (Å²) in [4.78, 5) is 0. The van der Waals surface area contributed by atoms with E-state index in [2.05, 4.69) is 34.3 Å². The molecule has 0 bridgehead atoms. The van der Waals surface area contributed by atoms with Crippen molar-refractivity contribution in [3.05, 3.63) is 12.2 Å². The number of allylic oxidation sites excluding steroid dienone is 1. The molecule has 0 amide bonds. The van der Waals surface area contributed by atoms with Crippen LogP contribution in [0.2, 0.25) is 0 Å². The van der Waals surface area contributed by atoms with Crippen molar-refractivity contribution in [1.82, 2.24) is 0 Å². The van der Waals surface area contributed by atoms with Gasteiger partial charge in [-0.25, -0.2) is 0 Å². The zero-order valence-corrected chi connectivity index (χ0v) is 8.48. The van der Waals surface area contributed by atoms with Gasteiger partial charge in [-0.3, -0.25) is 0 Å². The predicted molar refractivity (Wildman–Crippen MR) is 52.7 cm³/mol. The van der Waals surface area contributed by atoms with Gasteiger partial charge in [0, 0.05) is 0 Å². The normalized spacial score (nSPS) is 13.5. The summed E-state index contributed by atoms with van der Waals surface area (Å²) in [5.41, 5.74) is 1.41. The Bertz CT molecular complexity index is 111. The van der Waals surface area contributed by atoms with Crippen LogP contribution in [0.3, 0.4) is 0 Å². The van der Waals surface area contributed by atoms with Crippen molar-refractivity contribution in [3.63, 3.8) is 0 Å². The van der Waals surface area contributed by atoms with Gasteiger partial charge in [-0.15, -0.1) is 0 Å². The monoisotopic (exact) mass is 154 g/mol. The molecule has 0 saturated heterocycles. The first-order valence-electron chi connectivity index (χ1n) is 4.78. The van der Waals surface area contributed by atoms with Crippen LogP contribution in [0.4, 0.5) is 0 Å². The lowest BCUT2D eigenvalue weighted by molar-refractivity contribution is 0.368. The van der Waals surface area contributed by atoms with Crippen molar-refractivity contribution in [2.24, 2.45) is 11.8 Å².